The number of rotatable bonds is 0. The van der Waals surface area contributed by atoms with Gasteiger partial charge in [0.1, 0.15) is 6.04 Å². The molecule has 0 aromatic rings. The number of hydrogen-bond donors (Lipinski definition) is 1. The van der Waals surface area contributed by atoms with Crippen molar-refractivity contribution >= 4 is 28.5 Å². The second-order valence-corrected chi connectivity index (χ2v) is 4.07. The molecule has 2 rings (SSSR count). The smallest absolute Gasteiger partial charge is 0.155 e. The van der Waals surface area contributed by atoms with Crippen molar-refractivity contribution in [3.8, 4) is 0 Å². The van der Waals surface area contributed by atoms with Crippen molar-refractivity contribution < 1.29 is 0 Å². The molecule has 0 aromatic heterocycles. The summed E-state index contributed by atoms with van der Waals surface area (Å²) in [4.78, 5) is 4.20. The van der Waals surface area contributed by atoms with Gasteiger partial charge in [-0.1, -0.05) is 35.5 Å². The molecular formula is C7H7ClN2S. The van der Waals surface area contributed by atoms with Gasteiger partial charge in [0, 0.05) is 5.03 Å². The van der Waals surface area contributed by atoms with E-state index in [-0.39, 0.29) is 6.04 Å². The molecule has 0 bridgehead atoms. The van der Waals surface area contributed by atoms with Gasteiger partial charge in [0.2, 0.25) is 0 Å². The third-order valence-electron chi connectivity index (χ3n) is 1.67. The molecule has 0 amide bonds. The van der Waals surface area contributed by atoms with E-state index in [2.05, 4.69) is 11.1 Å². The van der Waals surface area contributed by atoms with Crippen LogP contribution in [0.5, 0.6) is 0 Å². The van der Waals surface area contributed by atoms with Crippen molar-refractivity contribution in [1.29, 1.82) is 0 Å². The first-order chi connectivity index (χ1) is 5.27. The molecule has 2 unspecified atom stereocenters. The van der Waals surface area contributed by atoms with Crippen molar-refractivity contribution in [1.82, 2.24) is 0 Å². The van der Waals surface area contributed by atoms with E-state index in [9.17, 15) is 0 Å². The van der Waals surface area contributed by atoms with E-state index in [0.717, 1.165) is 5.03 Å². The van der Waals surface area contributed by atoms with Crippen LogP contribution in [0.1, 0.15) is 0 Å². The van der Waals surface area contributed by atoms with Crippen LogP contribution in [0.2, 0.25) is 0 Å². The summed E-state index contributed by atoms with van der Waals surface area (Å²) in [5, 5.41) is 1.75. The van der Waals surface area contributed by atoms with Gasteiger partial charge in [-0.15, -0.1) is 0 Å². The molecular weight excluding hydrogens is 180 g/mol. The average Bonchev–Trinajstić information content (AvgIpc) is 2.31. The maximum absolute atomic E-state index is 5.92. The predicted molar refractivity (Wildman–Crippen MR) is 49.9 cm³/mol. The van der Waals surface area contributed by atoms with E-state index < -0.39 is 0 Å². The number of allylic oxidation sites excluding steroid dienone is 2. The Bertz CT molecular complexity index is 270. The van der Waals surface area contributed by atoms with Gasteiger partial charge in [-0.05, 0) is 6.08 Å². The molecule has 11 heavy (non-hydrogen) atoms. The topological polar surface area (TPSA) is 38.4 Å². The Balaban J connectivity index is 2.30. The highest BCUT2D eigenvalue weighted by Gasteiger charge is 2.30. The molecule has 0 saturated heterocycles. The lowest BCUT2D eigenvalue weighted by atomic mass is 10.1. The standard InChI is InChI=1S/C7H7ClN2S/c8-4-2-1-3-5-6(4)10-7(9)11-5/h1-3,5-6H,(H2,9,10). The molecule has 1 heterocycles. The highest BCUT2D eigenvalue weighted by Crippen LogP contribution is 2.34. The molecule has 1 aliphatic carbocycles. The summed E-state index contributed by atoms with van der Waals surface area (Å²) in [6.45, 7) is 0. The fourth-order valence-corrected chi connectivity index (χ4v) is 2.45. The fourth-order valence-electron chi connectivity index (χ4n) is 1.16. The number of hydrogen-bond acceptors (Lipinski definition) is 3. The van der Waals surface area contributed by atoms with Gasteiger partial charge in [-0.25, -0.2) is 0 Å². The number of nitrogens with zero attached hydrogens (tertiary/aromatic N) is 1. The normalized spacial score (nSPS) is 34.6. The molecule has 2 N–H and O–H groups in total. The third-order valence-corrected chi connectivity index (χ3v) is 3.06. The summed E-state index contributed by atoms with van der Waals surface area (Å²) >= 11 is 7.49. The quantitative estimate of drug-likeness (QED) is 0.623. The lowest BCUT2D eigenvalue weighted by molar-refractivity contribution is 0.845. The maximum Gasteiger partial charge on any atom is 0.155 e. The van der Waals surface area contributed by atoms with Gasteiger partial charge in [-0.3, -0.25) is 4.99 Å². The van der Waals surface area contributed by atoms with Gasteiger partial charge in [-0.2, -0.15) is 0 Å². The van der Waals surface area contributed by atoms with Gasteiger partial charge in [0.05, 0.1) is 5.25 Å². The molecule has 0 aromatic carbocycles. The average molecular weight is 187 g/mol. The van der Waals surface area contributed by atoms with E-state index in [4.69, 9.17) is 17.3 Å². The van der Waals surface area contributed by atoms with Gasteiger partial charge in [0.25, 0.3) is 0 Å². The number of fused-ring (bicyclic) bond motifs is 1. The highest BCUT2D eigenvalue weighted by atomic mass is 35.5. The minimum atomic E-state index is 0.0756. The lowest BCUT2D eigenvalue weighted by Gasteiger charge is -2.14. The molecule has 0 fully saturated rings. The molecule has 2 aliphatic rings. The summed E-state index contributed by atoms with van der Waals surface area (Å²) in [7, 11) is 0. The zero-order valence-electron chi connectivity index (χ0n) is 5.70. The second-order valence-electron chi connectivity index (χ2n) is 2.43. The van der Waals surface area contributed by atoms with Crippen molar-refractivity contribution in [2.75, 3.05) is 0 Å². The molecule has 1 aliphatic heterocycles. The van der Waals surface area contributed by atoms with Crippen LogP contribution in [0.3, 0.4) is 0 Å². The van der Waals surface area contributed by atoms with Crippen LogP contribution in [-0.4, -0.2) is 16.5 Å². The first kappa shape index (κ1) is 7.25. The van der Waals surface area contributed by atoms with Crippen LogP contribution in [0, 0.1) is 0 Å². The molecule has 0 saturated carbocycles. The summed E-state index contributed by atoms with van der Waals surface area (Å²) in [6, 6.07) is 0.0756. The number of thioether (sulfide) groups is 1. The third kappa shape index (κ3) is 1.19. The largest absolute Gasteiger partial charge is 0.379 e. The zero-order valence-corrected chi connectivity index (χ0v) is 7.27. The maximum atomic E-state index is 5.92. The molecule has 0 spiro atoms. The minimum absolute atomic E-state index is 0.0756. The highest BCUT2D eigenvalue weighted by molar-refractivity contribution is 8.14. The molecule has 2 nitrogen and oxygen atoms in total. The van der Waals surface area contributed by atoms with E-state index in [1.807, 2.05) is 12.2 Å². The van der Waals surface area contributed by atoms with Crippen LogP contribution >= 0.6 is 23.4 Å². The summed E-state index contributed by atoms with van der Waals surface area (Å²) in [5.74, 6) is 0. The Labute approximate surface area is 74.2 Å². The Morgan fingerprint density at radius 3 is 3.18 bits per heavy atom. The first-order valence-electron chi connectivity index (χ1n) is 3.31. The Hall–Kier alpha value is -0.410. The SMILES string of the molecule is NC1=NC2C(Cl)=CC=CC2S1. The monoisotopic (exact) mass is 186 g/mol. The fraction of sp³-hybridized carbons (Fsp3) is 0.286. The van der Waals surface area contributed by atoms with Crippen molar-refractivity contribution in [3.05, 3.63) is 23.3 Å². The van der Waals surface area contributed by atoms with E-state index in [1.54, 1.807) is 11.8 Å². The number of amidine groups is 1. The lowest BCUT2D eigenvalue weighted by Crippen LogP contribution is -2.17. The molecule has 4 heteroatoms. The Kier molecular flexibility index (Phi) is 1.69. The van der Waals surface area contributed by atoms with Crippen LogP contribution in [0.4, 0.5) is 0 Å². The zero-order chi connectivity index (χ0) is 7.84. The molecule has 2 atom stereocenters. The summed E-state index contributed by atoms with van der Waals surface area (Å²) in [5.41, 5.74) is 5.55. The predicted octanol–water partition coefficient (Wildman–Crippen LogP) is 1.48. The second kappa shape index (κ2) is 2.57. The van der Waals surface area contributed by atoms with Crippen molar-refractivity contribution in [3.63, 3.8) is 0 Å². The van der Waals surface area contributed by atoms with Gasteiger partial charge < -0.3 is 5.73 Å². The van der Waals surface area contributed by atoms with Gasteiger partial charge >= 0.3 is 0 Å². The Morgan fingerprint density at radius 1 is 1.64 bits per heavy atom. The van der Waals surface area contributed by atoms with Crippen LogP contribution in [0.15, 0.2) is 28.3 Å². The Morgan fingerprint density at radius 2 is 2.45 bits per heavy atom. The number of aliphatic imine (C=N–C) groups is 1. The van der Waals surface area contributed by atoms with Crippen LogP contribution in [-0.2, 0) is 0 Å². The molecule has 0 radical (unpaired) electrons. The van der Waals surface area contributed by atoms with Crippen molar-refractivity contribution in [2.45, 2.75) is 11.3 Å². The number of nitrogens with two attached hydrogens (primary N) is 1. The summed E-state index contributed by atoms with van der Waals surface area (Å²) in [6.07, 6.45) is 5.89. The van der Waals surface area contributed by atoms with Crippen LogP contribution in [0.25, 0.3) is 0 Å². The minimum Gasteiger partial charge on any atom is -0.379 e. The van der Waals surface area contributed by atoms with Gasteiger partial charge in [0.15, 0.2) is 5.17 Å². The van der Waals surface area contributed by atoms with Crippen molar-refractivity contribution in [2.24, 2.45) is 10.7 Å². The van der Waals surface area contributed by atoms with E-state index >= 15 is 0 Å². The van der Waals surface area contributed by atoms with Crippen LogP contribution < -0.4 is 5.73 Å². The molecule has 58 valence electrons. The van der Waals surface area contributed by atoms with E-state index in [1.165, 1.54) is 0 Å². The number of halogens is 1. The summed E-state index contributed by atoms with van der Waals surface area (Å²) < 4.78 is 0. The first-order valence-corrected chi connectivity index (χ1v) is 4.57. The van der Waals surface area contributed by atoms with E-state index in [0.29, 0.717) is 10.4 Å².